The lowest BCUT2D eigenvalue weighted by Gasteiger charge is -2.44. The molecule has 0 N–H and O–H groups in total. The minimum atomic E-state index is -0.187. The highest BCUT2D eigenvalue weighted by Crippen LogP contribution is 2.53. The maximum absolute atomic E-state index is 12.2. The van der Waals surface area contributed by atoms with Crippen molar-refractivity contribution >= 4 is 11.8 Å². The van der Waals surface area contributed by atoms with Gasteiger partial charge >= 0.3 is 5.97 Å². The number of hydrogen-bond acceptors (Lipinski definition) is 3. The SMILES string of the molecule is CCOC(=O)C(=C1CCC1)C1(CC(C)=O)CCC1. The summed E-state index contributed by atoms with van der Waals surface area (Å²) in [6.07, 6.45) is 6.72. The van der Waals surface area contributed by atoms with Crippen LogP contribution >= 0.6 is 0 Å². The molecule has 0 heterocycles. The van der Waals surface area contributed by atoms with Crippen LogP contribution in [-0.4, -0.2) is 18.4 Å². The fourth-order valence-corrected chi connectivity index (χ4v) is 3.14. The topological polar surface area (TPSA) is 43.4 Å². The van der Waals surface area contributed by atoms with E-state index in [0.29, 0.717) is 13.0 Å². The zero-order valence-electron chi connectivity index (χ0n) is 11.4. The summed E-state index contributed by atoms with van der Waals surface area (Å²) in [7, 11) is 0. The van der Waals surface area contributed by atoms with E-state index >= 15 is 0 Å². The smallest absolute Gasteiger partial charge is 0.334 e. The molecule has 0 aromatic heterocycles. The molecule has 2 aliphatic rings. The van der Waals surface area contributed by atoms with Crippen molar-refractivity contribution in [2.24, 2.45) is 5.41 Å². The first-order chi connectivity index (χ1) is 8.59. The van der Waals surface area contributed by atoms with E-state index in [4.69, 9.17) is 4.74 Å². The molecule has 0 aromatic rings. The van der Waals surface area contributed by atoms with Gasteiger partial charge in [-0.25, -0.2) is 4.79 Å². The molecule has 2 rings (SSSR count). The number of hydrogen-bond donors (Lipinski definition) is 0. The Morgan fingerprint density at radius 2 is 1.89 bits per heavy atom. The zero-order chi connectivity index (χ0) is 13.2. The third-order valence-corrected chi connectivity index (χ3v) is 4.22. The van der Waals surface area contributed by atoms with Crippen LogP contribution in [-0.2, 0) is 14.3 Å². The molecule has 0 aliphatic heterocycles. The van der Waals surface area contributed by atoms with Crippen LogP contribution in [0.1, 0.15) is 58.8 Å². The van der Waals surface area contributed by atoms with E-state index in [9.17, 15) is 9.59 Å². The molecule has 2 saturated carbocycles. The molecule has 18 heavy (non-hydrogen) atoms. The molecule has 2 aliphatic carbocycles. The van der Waals surface area contributed by atoms with Crippen LogP contribution in [0.15, 0.2) is 11.1 Å². The van der Waals surface area contributed by atoms with Gasteiger partial charge in [-0.1, -0.05) is 12.0 Å². The lowest BCUT2D eigenvalue weighted by atomic mass is 9.59. The maximum atomic E-state index is 12.2. The monoisotopic (exact) mass is 250 g/mol. The fraction of sp³-hybridized carbons (Fsp3) is 0.733. The number of allylic oxidation sites excluding steroid dienone is 1. The van der Waals surface area contributed by atoms with E-state index in [1.165, 1.54) is 5.57 Å². The Bertz CT molecular complexity index is 383. The van der Waals surface area contributed by atoms with Crippen molar-refractivity contribution in [2.75, 3.05) is 6.61 Å². The molecular weight excluding hydrogens is 228 g/mol. The summed E-state index contributed by atoms with van der Waals surface area (Å²) in [6.45, 7) is 3.86. The first-order valence-corrected chi connectivity index (χ1v) is 6.98. The predicted molar refractivity (Wildman–Crippen MR) is 69.1 cm³/mol. The molecule has 3 nitrogen and oxygen atoms in total. The van der Waals surface area contributed by atoms with E-state index in [-0.39, 0.29) is 17.2 Å². The third kappa shape index (κ3) is 2.36. The number of esters is 1. The lowest BCUT2D eigenvalue weighted by Crippen LogP contribution is -2.39. The van der Waals surface area contributed by atoms with Gasteiger partial charge in [-0.15, -0.1) is 0 Å². The Labute approximate surface area is 109 Å². The van der Waals surface area contributed by atoms with Gasteiger partial charge in [-0.05, 0) is 46.0 Å². The molecule has 100 valence electrons. The molecule has 0 spiro atoms. The van der Waals surface area contributed by atoms with Crippen LogP contribution in [0.5, 0.6) is 0 Å². The van der Waals surface area contributed by atoms with E-state index in [0.717, 1.165) is 44.1 Å². The number of carbonyl (C=O) groups is 2. The van der Waals surface area contributed by atoms with Gasteiger partial charge in [0.2, 0.25) is 0 Å². The molecule has 0 radical (unpaired) electrons. The Hall–Kier alpha value is -1.12. The second-order valence-corrected chi connectivity index (χ2v) is 5.57. The van der Waals surface area contributed by atoms with Crippen LogP contribution in [0.25, 0.3) is 0 Å². The van der Waals surface area contributed by atoms with Gasteiger partial charge in [0.05, 0.1) is 6.61 Å². The summed E-state index contributed by atoms with van der Waals surface area (Å²) in [5, 5.41) is 0. The summed E-state index contributed by atoms with van der Waals surface area (Å²) >= 11 is 0. The summed E-state index contributed by atoms with van der Waals surface area (Å²) in [6, 6.07) is 0. The Morgan fingerprint density at radius 1 is 1.22 bits per heavy atom. The number of ketones is 1. The molecular formula is C15H22O3. The third-order valence-electron chi connectivity index (χ3n) is 4.22. The van der Waals surface area contributed by atoms with Gasteiger partial charge < -0.3 is 4.74 Å². The normalized spacial score (nSPS) is 20.7. The summed E-state index contributed by atoms with van der Waals surface area (Å²) in [4.78, 5) is 23.7. The van der Waals surface area contributed by atoms with Crippen molar-refractivity contribution in [2.45, 2.75) is 58.8 Å². The van der Waals surface area contributed by atoms with Crippen LogP contribution in [0.2, 0.25) is 0 Å². The van der Waals surface area contributed by atoms with E-state index in [2.05, 4.69) is 0 Å². The molecule has 0 unspecified atom stereocenters. The van der Waals surface area contributed by atoms with Crippen molar-refractivity contribution in [1.29, 1.82) is 0 Å². The van der Waals surface area contributed by atoms with Crippen LogP contribution in [0, 0.1) is 5.41 Å². The first kappa shape index (κ1) is 13.3. The van der Waals surface area contributed by atoms with Crippen molar-refractivity contribution < 1.29 is 14.3 Å². The van der Waals surface area contributed by atoms with Crippen LogP contribution in [0.4, 0.5) is 0 Å². The average Bonchev–Trinajstić information content (AvgIpc) is 2.17. The number of carbonyl (C=O) groups excluding carboxylic acids is 2. The fourth-order valence-electron chi connectivity index (χ4n) is 3.14. The van der Waals surface area contributed by atoms with E-state index < -0.39 is 0 Å². The zero-order valence-corrected chi connectivity index (χ0v) is 11.4. The van der Waals surface area contributed by atoms with E-state index in [1.54, 1.807) is 6.92 Å². The number of rotatable bonds is 5. The van der Waals surface area contributed by atoms with Gasteiger partial charge in [0.15, 0.2) is 0 Å². The molecule has 0 amide bonds. The van der Waals surface area contributed by atoms with Crippen LogP contribution < -0.4 is 0 Å². The van der Waals surface area contributed by atoms with Gasteiger partial charge in [-0.2, -0.15) is 0 Å². The minimum absolute atomic E-state index is 0.173. The van der Waals surface area contributed by atoms with Gasteiger partial charge in [0.25, 0.3) is 0 Å². The van der Waals surface area contributed by atoms with Crippen molar-refractivity contribution in [3.63, 3.8) is 0 Å². The number of Topliss-reactive ketones (excluding diaryl/α,β-unsaturated/α-hetero) is 1. The maximum Gasteiger partial charge on any atom is 0.334 e. The lowest BCUT2D eigenvalue weighted by molar-refractivity contribution is -0.141. The van der Waals surface area contributed by atoms with Gasteiger partial charge in [0.1, 0.15) is 5.78 Å². The second-order valence-electron chi connectivity index (χ2n) is 5.57. The Morgan fingerprint density at radius 3 is 2.22 bits per heavy atom. The van der Waals surface area contributed by atoms with E-state index in [1.807, 2.05) is 6.92 Å². The van der Waals surface area contributed by atoms with Gasteiger partial charge in [0, 0.05) is 17.4 Å². The highest BCUT2D eigenvalue weighted by atomic mass is 16.5. The van der Waals surface area contributed by atoms with Gasteiger partial charge in [-0.3, -0.25) is 4.79 Å². The minimum Gasteiger partial charge on any atom is -0.463 e. The standard InChI is InChI=1S/C15H22O3/c1-3-18-14(17)13(12-6-4-7-12)15(8-5-9-15)10-11(2)16/h3-10H2,1-2H3. The van der Waals surface area contributed by atoms with Crippen molar-refractivity contribution in [1.82, 2.24) is 0 Å². The molecule has 0 bridgehead atoms. The Balaban J connectivity index is 2.28. The molecule has 2 fully saturated rings. The largest absolute Gasteiger partial charge is 0.463 e. The molecule has 0 saturated heterocycles. The molecule has 3 heteroatoms. The summed E-state index contributed by atoms with van der Waals surface area (Å²) in [5.74, 6) is 0.00423. The average molecular weight is 250 g/mol. The summed E-state index contributed by atoms with van der Waals surface area (Å²) in [5.41, 5.74) is 1.92. The van der Waals surface area contributed by atoms with Crippen LogP contribution in [0.3, 0.4) is 0 Å². The first-order valence-electron chi connectivity index (χ1n) is 6.98. The summed E-state index contributed by atoms with van der Waals surface area (Å²) < 4.78 is 5.22. The number of ether oxygens (including phenoxy) is 1. The highest BCUT2D eigenvalue weighted by molar-refractivity contribution is 5.93. The Kier molecular flexibility index (Phi) is 3.88. The molecule has 0 atom stereocenters. The highest BCUT2D eigenvalue weighted by Gasteiger charge is 2.46. The quantitative estimate of drug-likeness (QED) is 0.556. The molecule has 0 aromatic carbocycles. The second kappa shape index (κ2) is 5.25. The van der Waals surface area contributed by atoms with Crippen molar-refractivity contribution in [3.05, 3.63) is 11.1 Å². The predicted octanol–water partition coefficient (Wildman–Crippen LogP) is 3.18. The van der Waals surface area contributed by atoms with Crippen molar-refractivity contribution in [3.8, 4) is 0 Å².